The molecule has 6 nitrogen and oxygen atoms in total. The molecule has 1 saturated heterocycles. The maximum absolute atomic E-state index is 14.8. The van der Waals surface area contributed by atoms with Crippen LogP contribution >= 0.6 is 0 Å². The van der Waals surface area contributed by atoms with Crippen LogP contribution in [0.2, 0.25) is 0 Å². The monoisotopic (exact) mass is 460 g/mol. The normalized spacial score (nSPS) is 15.5. The SMILES string of the molecule is CC(C)(C)O.COc1ccc(-c2cnc(C)c(CC(=O)O)c2N2CCC(C)(C)CC2)c(F)c1. The summed E-state index contributed by atoms with van der Waals surface area (Å²) >= 11 is 0. The van der Waals surface area contributed by atoms with E-state index >= 15 is 0 Å². The molecule has 0 aliphatic carbocycles. The van der Waals surface area contributed by atoms with Crippen LogP contribution < -0.4 is 9.64 Å². The standard InChI is InChI=1S/C22H27FN2O3.C4H10O/c1-14-17(12-20(26)27)21(25-9-7-22(2,3)8-10-25)18(13-24-14)16-6-5-15(28-4)11-19(16)23;1-4(2,3)5/h5-6,11,13H,7-10,12H2,1-4H3,(H,26,27);5H,1-3H3. The highest BCUT2D eigenvalue weighted by Gasteiger charge is 2.29. The number of carbonyl (C=O) groups is 1. The van der Waals surface area contributed by atoms with Crippen molar-refractivity contribution in [2.24, 2.45) is 5.41 Å². The molecule has 1 aliphatic rings. The zero-order valence-corrected chi connectivity index (χ0v) is 20.8. The first-order valence-electron chi connectivity index (χ1n) is 11.2. The Morgan fingerprint density at radius 3 is 2.27 bits per heavy atom. The number of hydrogen-bond acceptors (Lipinski definition) is 5. The van der Waals surface area contributed by atoms with E-state index in [1.165, 1.54) is 13.2 Å². The number of carboxylic acids is 1. The van der Waals surface area contributed by atoms with Crippen LogP contribution in [0, 0.1) is 18.2 Å². The van der Waals surface area contributed by atoms with Crippen molar-refractivity contribution in [2.45, 2.75) is 66.4 Å². The molecule has 1 aromatic heterocycles. The van der Waals surface area contributed by atoms with Gasteiger partial charge in [-0.3, -0.25) is 9.78 Å². The van der Waals surface area contributed by atoms with E-state index in [9.17, 15) is 14.3 Å². The number of nitrogens with zero attached hydrogens (tertiary/aromatic N) is 2. The van der Waals surface area contributed by atoms with Crippen LogP contribution in [0.15, 0.2) is 24.4 Å². The topological polar surface area (TPSA) is 82.9 Å². The molecular weight excluding hydrogens is 423 g/mol. The van der Waals surface area contributed by atoms with E-state index in [2.05, 4.69) is 23.7 Å². The highest BCUT2D eigenvalue weighted by Crippen LogP contribution is 2.41. The number of piperidine rings is 1. The Morgan fingerprint density at radius 2 is 1.79 bits per heavy atom. The van der Waals surface area contributed by atoms with Crippen molar-refractivity contribution in [2.75, 3.05) is 25.1 Å². The van der Waals surface area contributed by atoms with Crippen LogP contribution in [0.1, 0.15) is 58.7 Å². The fraction of sp³-hybridized carbons (Fsp3) is 0.538. The number of halogens is 1. The van der Waals surface area contributed by atoms with Gasteiger partial charge in [0, 0.05) is 47.7 Å². The number of aliphatic hydroxyl groups is 1. The summed E-state index contributed by atoms with van der Waals surface area (Å²) in [6.07, 6.45) is 3.50. The Balaban J connectivity index is 0.000000696. The number of methoxy groups -OCH3 is 1. The lowest BCUT2D eigenvalue weighted by molar-refractivity contribution is -0.136. The number of aromatic nitrogens is 1. The van der Waals surface area contributed by atoms with E-state index in [0.717, 1.165) is 31.6 Å². The van der Waals surface area contributed by atoms with Gasteiger partial charge in [-0.1, -0.05) is 13.8 Å². The van der Waals surface area contributed by atoms with E-state index in [1.807, 2.05) is 6.92 Å². The van der Waals surface area contributed by atoms with Gasteiger partial charge < -0.3 is 19.8 Å². The lowest BCUT2D eigenvalue weighted by Gasteiger charge is -2.40. The number of aryl methyl sites for hydroxylation is 1. The van der Waals surface area contributed by atoms with Crippen LogP contribution in [0.25, 0.3) is 11.1 Å². The van der Waals surface area contributed by atoms with Crippen LogP contribution in [0.5, 0.6) is 5.75 Å². The van der Waals surface area contributed by atoms with Crippen LogP contribution in [0.4, 0.5) is 10.1 Å². The number of benzene rings is 1. The Hall–Kier alpha value is -2.67. The Labute approximate surface area is 196 Å². The minimum absolute atomic E-state index is 0.139. The molecule has 0 saturated carbocycles. The van der Waals surface area contributed by atoms with Crippen LogP contribution in [-0.2, 0) is 11.2 Å². The van der Waals surface area contributed by atoms with Gasteiger partial charge >= 0.3 is 5.97 Å². The van der Waals surface area contributed by atoms with Gasteiger partial charge in [0.1, 0.15) is 11.6 Å². The highest BCUT2D eigenvalue weighted by atomic mass is 19.1. The first kappa shape index (κ1) is 26.6. The molecule has 1 aromatic carbocycles. The van der Waals surface area contributed by atoms with Gasteiger partial charge in [-0.2, -0.15) is 0 Å². The summed E-state index contributed by atoms with van der Waals surface area (Å²) < 4.78 is 20.0. The van der Waals surface area contributed by atoms with E-state index in [0.29, 0.717) is 28.1 Å². The molecule has 2 heterocycles. The van der Waals surface area contributed by atoms with E-state index in [-0.39, 0.29) is 11.8 Å². The summed E-state index contributed by atoms with van der Waals surface area (Å²) in [4.78, 5) is 18.1. The second kappa shape index (κ2) is 10.5. The van der Waals surface area contributed by atoms with Crippen molar-refractivity contribution in [3.05, 3.63) is 41.5 Å². The minimum Gasteiger partial charge on any atom is -0.497 e. The van der Waals surface area contributed by atoms with Crippen LogP contribution in [-0.4, -0.2) is 47.0 Å². The molecular formula is C26H37FN2O4. The Kier molecular flexibility index (Phi) is 8.46. The molecule has 0 radical (unpaired) electrons. The van der Waals surface area contributed by atoms with E-state index < -0.39 is 17.4 Å². The molecule has 0 amide bonds. The van der Waals surface area contributed by atoms with Crippen LogP contribution in [0.3, 0.4) is 0 Å². The minimum atomic E-state index is -0.921. The quantitative estimate of drug-likeness (QED) is 0.635. The van der Waals surface area contributed by atoms with Crippen molar-refractivity contribution in [1.82, 2.24) is 4.98 Å². The summed E-state index contributed by atoms with van der Waals surface area (Å²) in [6.45, 7) is 13.1. The maximum Gasteiger partial charge on any atom is 0.307 e. The summed E-state index contributed by atoms with van der Waals surface area (Å²) in [5, 5.41) is 18.0. The average molecular weight is 461 g/mol. The van der Waals surface area contributed by atoms with Crippen molar-refractivity contribution in [3.8, 4) is 16.9 Å². The zero-order valence-electron chi connectivity index (χ0n) is 20.8. The van der Waals surface area contributed by atoms with Crippen molar-refractivity contribution >= 4 is 11.7 Å². The number of anilines is 1. The molecule has 2 aromatic rings. The van der Waals surface area contributed by atoms with Gasteiger partial charge in [-0.15, -0.1) is 0 Å². The predicted octanol–water partition coefficient (Wildman–Crippen LogP) is 5.24. The van der Waals surface area contributed by atoms with Gasteiger partial charge in [0.15, 0.2) is 0 Å². The Morgan fingerprint density at radius 1 is 1.21 bits per heavy atom. The van der Waals surface area contributed by atoms with Gasteiger partial charge in [-0.25, -0.2) is 4.39 Å². The predicted molar refractivity (Wildman–Crippen MR) is 129 cm³/mol. The molecule has 1 fully saturated rings. The number of ether oxygens (including phenoxy) is 1. The van der Waals surface area contributed by atoms with E-state index in [4.69, 9.17) is 9.84 Å². The molecule has 1 aliphatic heterocycles. The lowest BCUT2D eigenvalue weighted by Crippen LogP contribution is -2.38. The third kappa shape index (κ3) is 7.70. The van der Waals surface area contributed by atoms with Gasteiger partial charge in [0.05, 0.1) is 24.8 Å². The zero-order chi connectivity index (χ0) is 25.0. The Bertz CT molecular complexity index is 967. The molecule has 2 N–H and O–H groups in total. The average Bonchev–Trinajstić information content (AvgIpc) is 2.68. The third-order valence-corrected chi connectivity index (χ3v) is 5.59. The highest BCUT2D eigenvalue weighted by molar-refractivity contribution is 5.85. The maximum atomic E-state index is 14.8. The summed E-state index contributed by atoms with van der Waals surface area (Å²) in [5.41, 5.74) is 2.88. The van der Waals surface area contributed by atoms with Crippen molar-refractivity contribution in [3.63, 3.8) is 0 Å². The molecule has 0 unspecified atom stereocenters. The van der Waals surface area contributed by atoms with Crippen molar-refractivity contribution in [1.29, 1.82) is 0 Å². The number of pyridine rings is 1. The van der Waals surface area contributed by atoms with E-state index in [1.54, 1.807) is 39.1 Å². The summed E-state index contributed by atoms with van der Waals surface area (Å²) in [7, 11) is 1.49. The second-order valence-corrected chi connectivity index (χ2v) is 10.3. The first-order valence-corrected chi connectivity index (χ1v) is 11.2. The number of hydrogen-bond donors (Lipinski definition) is 2. The molecule has 3 rings (SSSR count). The van der Waals surface area contributed by atoms with Gasteiger partial charge in [0.2, 0.25) is 0 Å². The molecule has 7 heteroatoms. The van der Waals surface area contributed by atoms with Crippen molar-refractivity contribution < 1.29 is 24.1 Å². The van der Waals surface area contributed by atoms with Gasteiger partial charge in [-0.05, 0) is 58.1 Å². The first-order chi connectivity index (χ1) is 15.2. The molecule has 0 bridgehead atoms. The third-order valence-electron chi connectivity index (χ3n) is 5.59. The lowest BCUT2D eigenvalue weighted by atomic mass is 9.82. The fourth-order valence-electron chi connectivity index (χ4n) is 3.73. The summed E-state index contributed by atoms with van der Waals surface area (Å²) in [5.74, 6) is -0.894. The molecule has 0 atom stereocenters. The number of carboxylic acid groups (broad SMARTS) is 1. The van der Waals surface area contributed by atoms with Gasteiger partial charge in [0.25, 0.3) is 0 Å². The smallest absolute Gasteiger partial charge is 0.307 e. The second-order valence-electron chi connectivity index (χ2n) is 10.3. The summed E-state index contributed by atoms with van der Waals surface area (Å²) in [6, 6.07) is 4.72. The largest absolute Gasteiger partial charge is 0.497 e. The number of aliphatic carboxylic acids is 1. The molecule has 182 valence electrons. The fourth-order valence-corrected chi connectivity index (χ4v) is 3.73. The molecule has 33 heavy (non-hydrogen) atoms. The number of rotatable bonds is 5. The molecule has 0 spiro atoms.